The third kappa shape index (κ3) is 5.93. The second-order valence-electron chi connectivity index (χ2n) is 6.94. The molecule has 6 heteroatoms. The maximum absolute atomic E-state index is 12.9. The number of rotatable bonds is 7. The van der Waals surface area contributed by atoms with E-state index in [1.54, 1.807) is 0 Å². The van der Waals surface area contributed by atoms with Crippen molar-refractivity contribution in [3.8, 4) is 0 Å². The van der Waals surface area contributed by atoms with Crippen LogP contribution in [0.4, 0.5) is 4.39 Å². The highest BCUT2D eigenvalue weighted by molar-refractivity contribution is 5.97. The molecular formula is C20H26FNO4. The maximum atomic E-state index is 12.9. The van der Waals surface area contributed by atoms with Crippen LogP contribution >= 0.6 is 0 Å². The normalized spacial score (nSPS) is 20.9. The lowest BCUT2D eigenvalue weighted by atomic mass is 9.86. The van der Waals surface area contributed by atoms with E-state index in [4.69, 9.17) is 4.74 Å². The van der Waals surface area contributed by atoms with Crippen molar-refractivity contribution >= 4 is 17.7 Å². The van der Waals surface area contributed by atoms with Crippen LogP contribution in [0, 0.1) is 11.7 Å². The lowest BCUT2D eigenvalue weighted by Crippen LogP contribution is -2.46. The standard InChI is InChI=1S/C20H26FNO4/c1-13-5-3-4-6-17(13)22-20(25)14(2)26-19(24)12-11-18(23)15-7-9-16(21)10-8-15/h7-10,13-14,17H,3-6,11-12H2,1-2H3,(H,22,25)/t13-,14+,17+/m0/s1. The number of halogens is 1. The van der Waals surface area contributed by atoms with Gasteiger partial charge in [0.2, 0.25) is 0 Å². The highest BCUT2D eigenvalue weighted by Gasteiger charge is 2.26. The molecule has 0 heterocycles. The van der Waals surface area contributed by atoms with Gasteiger partial charge in [0.1, 0.15) is 5.82 Å². The first-order valence-corrected chi connectivity index (χ1v) is 9.15. The zero-order valence-electron chi connectivity index (χ0n) is 15.3. The van der Waals surface area contributed by atoms with Crippen molar-refractivity contribution < 1.29 is 23.5 Å². The van der Waals surface area contributed by atoms with Crippen LogP contribution in [-0.2, 0) is 14.3 Å². The third-order valence-corrected chi connectivity index (χ3v) is 4.84. The number of ether oxygens (including phenoxy) is 1. The summed E-state index contributed by atoms with van der Waals surface area (Å²) < 4.78 is 18.0. The van der Waals surface area contributed by atoms with Gasteiger partial charge in [0, 0.05) is 18.0 Å². The summed E-state index contributed by atoms with van der Waals surface area (Å²) in [5.74, 6) is -1.17. The average molecular weight is 363 g/mol. The van der Waals surface area contributed by atoms with Gasteiger partial charge in [0.25, 0.3) is 5.91 Å². The van der Waals surface area contributed by atoms with E-state index in [9.17, 15) is 18.8 Å². The molecule has 2 rings (SSSR count). The number of hydrogen-bond acceptors (Lipinski definition) is 4. The van der Waals surface area contributed by atoms with Crippen LogP contribution in [0.3, 0.4) is 0 Å². The Morgan fingerprint density at radius 3 is 2.46 bits per heavy atom. The largest absolute Gasteiger partial charge is 0.453 e. The zero-order valence-corrected chi connectivity index (χ0v) is 15.3. The van der Waals surface area contributed by atoms with Crippen LogP contribution in [0.15, 0.2) is 24.3 Å². The number of hydrogen-bond donors (Lipinski definition) is 1. The molecule has 0 aromatic heterocycles. The Morgan fingerprint density at radius 1 is 1.15 bits per heavy atom. The summed E-state index contributed by atoms with van der Waals surface area (Å²) in [6, 6.07) is 5.28. The summed E-state index contributed by atoms with van der Waals surface area (Å²) in [6.45, 7) is 3.64. The first-order valence-electron chi connectivity index (χ1n) is 9.15. The van der Waals surface area contributed by atoms with Crippen LogP contribution in [0.1, 0.15) is 62.7 Å². The molecule has 1 saturated carbocycles. The van der Waals surface area contributed by atoms with Gasteiger partial charge in [0.05, 0.1) is 6.42 Å². The summed E-state index contributed by atoms with van der Waals surface area (Å²) in [6.07, 6.45) is 3.25. The summed E-state index contributed by atoms with van der Waals surface area (Å²) >= 11 is 0. The second kappa shape index (κ2) is 9.46. The van der Waals surface area contributed by atoms with E-state index >= 15 is 0 Å². The van der Waals surface area contributed by atoms with Gasteiger partial charge in [0.15, 0.2) is 11.9 Å². The minimum Gasteiger partial charge on any atom is -0.453 e. The number of carbonyl (C=O) groups excluding carboxylic acids is 3. The predicted molar refractivity (Wildman–Crippen MR) is 95.1 cm³/mol. The van der Waals surface area contributed by atoms with Crippen LogP contribution in [0.25, 0.3) is 0 Å². The minimum atomic E-state index is -0.891. The molecule has 0 radical (unpaired) electrons. The molecule has 3 atom stereocenters. The van der Waals surface area contributed by atoms with E-state index < -0.39 is 17.9 Å². The highest BCUT2D eigenvalue weighted by Crippen LogP contribution is 2.23. The number of carbonyl (C=O) groups is 3. The molecular weight excluding hydrogens is 337 g/mol. The summed E-state index contributed by atoms with van der Waals surface area (Å²) in [4.78, 5) is 36.1. The minimum absolute atomic E-state index is 0.0432. The van der Waals surface area contributed by atoms with E-state index in [0.717, 1.165) is 19.3 Å². The molecule has 5 nitrogen and oxygen atoms in total. The van der Waals surface area contributed by atoms with E-state index in [1.165, 1.54) is 37.6 Å². The molecule has 0 unspecified atom stereocenters. The van der Waals surface area contributed by atoms with Crippen molar-refractivity contribution in [1.82, 2.24) is 5.32 Å². The van der Waals surface area contributed by atoms with Gasteiger partial charge < -0.3 is 10.1 Å². The van der Waals surface area contributed by atoms with Crippen molar-refractivity contribution in [2.24, 2.45) is 5.92 Å². The van der Waals surface area contributed by atoms with Crippen molar-refractivity contribution in [2.75, 3.05) is 0 Å². The van der Waals surface area contributed by atoms with E-state index in [-0.39, 0.29) is 30.6 Å². The van der Waals surface area contributed by atoms with Crippen molar-refractivity contribution in [3.05, 3.63) is 35.6 Å². The molecule has 1 aromatic carbocycles. The van der Waals surface area contributed by atoms with Gasteiger partial charge in [-0.2, -0.15) is 0 Å². The number of benzene rings is 1. The van der Waals surface area contributed by atoms with Gasteiger partial charge in [-0.15, -0.1) is 0 Å². The Labute approximate surface area is 153 Å². The molecule has 26 heavy (non-hydrogen) atoms. The van der Waals surface area contributed by atoms with Crippen molar-refractivity contribution in [3.63, 3.8) is 0 Å². The Bertz CT molecular complexity index is 644. The van der Waals surface area contributed by atoms with Crippen molar-refractivity contribution in [1.29, 1.82) is 0 Å². The van der Waals surface area contributed by atoms with Gasteiger partial charge in [-0.25, -0.2) is 4.39 Å². The molecule has 1 aliphatic rings. The molecule has 0 spiro atoms. The molecule has 0 aliphatic heterocycles. The SMILES string of the molecule is C[C@@H](OC(=O)CCC(=O)c1ccc(F)cc1)C(=O)N[C@@H]1CCCC[C@@H]1C. The van der Waals surface area contributed by atoms with Gasteiger partial charge in [-0.3, -0.25) is 14.4 Å². The van der Waals surface area contributed by atoms with E-state index in [0.29, 0.717) is 11.5 Å². The number of esters is 1. The number of nitrogens with one attached hydrogen (secondary N) is 1. The quantitative estimate of drug-likeness (QED) is 0.595. The number of Topliss-reactive ketones (excluding diaryl/α,β-unsaturated/α-hetero) is 1. The first-order chi connectivity index (χ1) is 12.4. The lowest BCUT2D eigenvalue weighted by molar-refractivity contribution is -0.155. The highest BCUT2D eigenvalue weighted by atomic mass is 19.1. The third-order valence-electron chi connectivity index (χ3n) is 4.84. The fraction of sp³-hybridized carbons (Fsp3) is 0.550. The van der Waals surface area contributed by atoms with Gasteiger partial charge in [-0.05, 0) is 49.9 Å². The summed E-state index contributed by atoms with van der Waals surface area (Å²) in [7, 11) is 0. The van der Waals surface area contributed by atoms with E-state index in [2.05, 4.69) is 12.2 Å². The second-order valence-corrected chi connectivity index (χ2v) is 6.94. The van der Waals surface area contributed by atoms with Gasteiger partial charge >= 0.3 is 5.97 Å². The number of amides is 1. The summed E-state index contributed by atoms with van der Waals surface area (Å²) in [5, 5.41) is 2.95. The van der Waals surface area contributed by atoms with E-state index in [1.807, 2.05) is 0 Å². The van der Waals surface area contributed by atoms with Crippen LogP contribution < -0.4 is 5.32 Å². The maximum Gasteiger partial charge on any atom is 0.307 e. The molecule has 142 valence electrons. The number of ketones is 1. The molecule has 1 aromatic rings. The topological polar surface area (TPSA) is 72.5 Å². The Morgan fingerprint density at radius 2 is 1.81 bits per heavy atom. The molecule has 0 saturated heterocycles. The van der Waals surface area contributed by atoms with Gasteiger partial charge in [-0.1, -0.05) is 19.8 Å². The average Bonchev–Trinajstić information content (AvgIpc) is 2.62. The smallest absolute Gasteiger partial charge is 0.307 e. The fourth-order valence-electron chi connectivity index (χ4n) is 3.14. The van der Waals surface area contributed by atoms with Crippen LogP contribution in [0.2, 0.25) is 0 Å². The fourth-order valence-corrected chi connectivity index (χ4v) is 3.14. The Balaban J connectivity index is 1.74. The molecule has 1 N–H and O–H groups in total. The predicted octanol–water partition coefficient (Wildman–Crippen LogP) is 3.42. The molecule has 1 aliphatic carbocycles. The monoisotopic (exact) mass is 363 g/mol. The Hall–Kier alpha value is -2.24. The molecule has 1 amide bonds. The van der Waals surface area contributed by atoms with Crippen LogP contribution in [0.5, 0.6) is 0 Å². The summed E-state index contributed by atoms with van der Waals surface area (Å²) in [5.41, 5.74) is 0.344. The van der Waals surface area contributed by atoms with Crippen LogP contribution in [-0.4, -0.2) is 29.8 Å². The lowest BCUT2D eigenvalue weighted by Gasteiger charge is -2.30. The first kappa shape index (κ1) is 20.1. The molecule has 1 fully saturated rings. The zero-order chi connectivity index (χ0) is 19.1. The molecule has 0 bridgehead atoms. The van der Waals surface area contributed by atoms with Crippen molar-refractivity contribution in [2.45, 2.75) is 64.5 Å². The Kier molecular flexibility index (Phi) is 7.30.